The zero-order valence-electron chi connectivity index (χ0n) is 19.2. The number of benzene rings is 2. The Morgan fingerprint density at radius 3 is 2.58 bits per heavy atom. The molecule has 11 heteroatoms. The maximum atomic E-state index is 13.6. The van der Waals surface area contributed by atoms with Crippen LogP contribution in [0.3, 0.4) is 0 Å². The van der Waals surface area contributed by atoms with Crippen molar-refractivity contribution in [2.45, 2.75) is 19.9 Å². The number of carbonyl (C=O) groups is 2. The highest BCUT2D eigenvalue weighted by Gasteiger charge is 2.34. The van der Waals surface area contributed by atoms with Crippen molar-refractivity contribution < 1.29 is 24.2 Å². The number of esters is 1. The van der Waals surface area contributed by atoms with Crippen LogP contribution in [-0.4, -0.2) is 34.8 Å². The minimum atomic E-state index is -1.08. The number of thiazole rings is 1. The maximum Gasteiger partial charge on any atom is 0.341 e. The quantitative estimate of drug-likeness (QED) is 0.454. The van der Waals surface area contributed by atoms with E-state index in [0.29, 0.717) is 36.9 Å². The summed E-state index contributed by atoms with van der Waals surface area (Å²) in [6.45, 7) is 3.08. The lowest BCUT2D eigenvalue weighted by Crippen LogP contribution is -2.40. The molecule has 1 aliphatic rings. The van der Waals surface area contributed by atoms with Crippen molar-refractivity contribution >= 4 is 52.6 Å². The van der Waals surface area contributed by atoms with Gasteiger partial charge in [0.05, 0.1) is 32.5 Å². The molecule has 0 bridgehead atoms. The molecule has 36 heavy (non-hydrogen) atoms. The Balaban J connectivity index is 1.85. The Bertz CT molecular complexity index is 1560. The van der Waals surface area contributed by atoms with Crippen molar-refractivity contribution in [1.82, 2.24) is 4.57 Å². The lowest BCUT2D eigenvalue weighted by atomic mass is 9.96. The normalized spacial score (nSPS) is 15.3. The van der Waals surface area contributed by atoms with Crippen molar-refractivity contribution in [3.05, 3.63) is 94.6 Å². The monoisotopic (exact) mass is 546 g/mol. The molecule has 0 fully saturated rings. The van der Waals surface area contributed by atoms with Gasteiger partial charge in [-0.3, -0.25) is 9.36 Å². The van der Waals surface area contributed by atoms with Gasteiger partial charge in [0.25, 0.3) is 5.56 Å². The van der Waals surface area contributed by atoms with E-state index >= 15 is 0 Å². The minimum absolute atomic E-state index is 0.155. The number of aromatic nitrogens is 1. The van der Waals surface area contributed by atoms with Gasteiger partial charge in [0, 0.05) is 5.56 Å². The number of hydrogen-bond donors (Lipinski definition) is 1. The van der Waals surface area contributed by atoms with Gasteiger partial charge in [-0.05, 0) is 43.7 Å². The minimum Gasteiger partial charge on any atom is -0.482 e. The van der Waals surface area contributed by atoms with Crippen LogP contribution in [-0.2, 0) is 14.3 Å². The van der Waals surface area contributed by atoms with E-state index in [0.717, 1.165) is 0 Å². The molecule has 3 aromatic rings. The Morgan fingerprint density at radius 1 is 1.19 bits per heavy atom. The Kier molecular flexibility index (Phi) is 7.63. The molecule has 0 aliphatic carbocycles. The fourth-order valence-electron chi connectivity index (χ4n) is 3.77. The first-order valence-corrected chi connectivity index (χ1v) is 12.4. The maximum absolute atomic E-state index is 13.6. The molecule has 0 radical (unpaired) electrons. The summed E-state index contributed by atoms with van der Waals surface area (Å²) in [4.78, 5) is 42.2. The molecule has 8 nitrogen and oxygen atoms in total. The lowest BCUT2D eigenvalue weighted by molar-refractivity contribution is -0.140. The van der Waals surface area contributed by atoms with Gasteiger partial charge in [0.15, 0.2) is 11.4 Å². The van der Waals surface area contributed by atoms with Gasteiger partial charge < -0.3 is 14.6 Å². The lowest BCUT2D eigenvalue weighted by Gasteiger charge is -2.25. The summed E-state index contributed by atoms with van der Waals surface area (Å²) in [5.74, 6) is -1.28. The van der Waals surface area contributed by atoms with E-state index in [1.807, 2.05) is 0 Å². The molecule has 2 heterocycles. The third-order valence-corrected chi connectivity index (χ3v) is 7.15. The summed E-state index contributed by atoms with van der Waals surface area (Å²) < 4.78 is 12.2. The van der Waals surface area contributed by atoms with Crippen LogP contribution in [0.2, 0.25) is 10.0 Å². The Labute approximate surface area is 219 Å². The van der Waals surface area contributed by atoms with Gasteiger partial charge in [-0.25, -0.2) is 14.6 Å². The molecule has 0 spiro atoms. The SMILES string of the molecule is CCOC(=O)C1=C(C)N=c2s/c(=C\c3ccc(OCC(=O)O)cc3)c(=O)n2[C@H]1c1cccc(Cl)c1Cl. The van der Waals surface area contributed by atoms with Crippen LogP contribution in [0.25, 0.3) is 6.08 Å². The van der Waals surface area contributed by atoms with Gasteiger partial charge >= 0.3 is 11.9 Å². The van der Waals surface area contributed by atoms with Crippen molar-refractivity contribution in [2.75, 3.05) is 13.2 Å². The molecular formula is C25H20Cl2N2O6S. The van der Waals surface area contributed by atoms with Gasteiger partial charge in [0.2, 0.25) is 0 Å². The summed E-state index contributed by atoms with van der Waals surface area (Å²) in [5, 5.41) is 9.27. The van der Waals surface area contributed by atoms with E-state index in [9.17, 15) is 14.4 Å². The predicted octanol–water partition coefficient (Wildman–Crippen LogP) is 3.57. The number of rotatable bonds is 7. The summed E-state index contributed by atoms with van der Waals surface area (Å²) >= 11 is 14.0. The number of allylic oxidation sites excluding steroid dienone is 1. The molecular weight excluding hydrogens is 527 g/mol. The number of carbonyl (C=O) groups excluding carboxylic acids is 1. The first-order chi connectivity index (χ1) is 17.2. The van der Waals surface area contributed by atoms with Crippen LogP contribution in [0.5, 0.6) is 5.75 Å². The molecule has 1 aliphatic heterocycles. The van der Waals surface area contributed by atoms with Crippen molar-refractivity contribution in [1.29, 1.82) is 0 Å². The highest BCUT2D eigenvalue weighted by atomic mass is 35.5. The predicted molar refractivity (Wildman–Crippen MR) is 136 cm³/mol. The first kappa shape index (κ1) is 25.7. The average Bonchev–Trinajstić information content (AvgIpc) is 3.14. The number of nitrogens with zero attached hydrogens (tertiary/aromatic N) is 2. The Morgan fingerprint density at radius 2 is 1.92 bits per heavy atom. The number of ether oxygens (including phenoxy) is 2. The smallest absolute Gasteiger partial charge is 0.341 e. The molecule has 186 valence electrons. The van der Waals surface area contributed by atoms with Crippen LogP contribution in [0.1, 0.15) is 31.0 Å². The van der Waals surface area contributed by atoms with E-state index in [1.165, 1.54) is 15.9 Å². The summed E-state index contributed by atoms with van der Waals surface area (Å²) in [5.41, 5.74) is 1.44. The zero-order valence-corrected chi connectivity index (χ0v) is 21.5. The van der Waals surface area contributed by atoms with Crippen LogP contribution in [0.4, 0.5) is 0 Å². The second-order valence-corrected chi connectivity index (χ2v) is 9.49. The molecule has 2 aromatic carbocycles. The van der Waals surface area contributed by atoms with E-state index in [-0.39, 0.29) is 22.8 Å². The molecule has 4 rings (SSSR count). The number of aliphatic carboxylic acids is 1. The summed E-state index contributed by atoms with van der Waals surface area (Å²) in [6.07, 6.45) is 1.69. The second-order valence-electron chi connectivity index (χ2n) is 7.70. The second kappa shape index (κ2) is 10.7. The molecule has 1 aromatic heterocycles. The third kappa shape index (κ3) is 5.09. The van der Waals surface area contributed by atoms with Crippen LogP contribution < -0.4 is 19.6 Å². The van der Waals surface area contributed by atoms with Crippen molar-refractivity contribution in [3.8, 4) is 5.75 Å². The van der Waals surface area contributed by atoms with Crippen LogP contribution >= 0.6 is 34.5 Å². The number of hydrogen-bond acceptors (Lipinski definition) is 7. The molecule has 1 atom stereocenters. The average molecular weight is 547 g/mol. The molecule has 0 saturated carbocycles. The van der Waals surface area contributed by atoms with E-state index < -0.39 is 24.6 Å². The topological polar surface area (TPSA) is 107 Å². The van der Waals surface area contributed by atoms with Crippen LogP contribution in [0, 0.1) is 0 Å². The van der Waals surface area contributed by atoms with Gasteiger partial charge in [0.1, 0.15) is 11.8 Å². The fraction of sp³-hybridized carbons (Fsp3) is 0.200. The van der Waals surface area contributed by atoms with Crippen molar-refractivity contribution in [3.63, 3.8) is 0 Å². The Hall–Kier alpha value is -3.40. The van der Waals surface area contributed by atoms with Crippen LogP contribution in [0.15, 0.2) is 63.5 Å². The molecule has 0 unspecified atom stereocenters. The fourth-order valence-corrected chi connectivity index (χ4v) is 5.23. The highest BCUT2D eigenvalue weighted by Crippen LogP contribution is 2.37. The number of fused-ring (bicyclic) bond motifs is 1. The standard InChI is InChI=1S/C25H20Cl2N2O6S/c1-3-34-24(33)20-13(2)28-25-29(22(20)16-5-4-6-17(26)21(16)27)23(32)18(36-25)11-14-7-9-15(10-8-14)35-12-19(30)31/h4-11,22H,3,12H2,1-2H3,(H,30,31)/b18-11-/t22-/m0/s1. The van der Waals surface area contributed by atoms with Gasteiger partial charge in [-0.1, -0.05) is 58.8 Å². The number of carboxylic acids is 1. The zero-order chi connectivity index (χ0) is 26.0. The van der Waals surface area contributed by atoms with Gasteiger partial charge in [-0.15, -0.1) is 0 Å². The highest BCUT2D eigenvalue weighted by molar-refractivity contribution is 7.07. The van der Waals surface area contributed by atoms with Gasteiger partial charge in [-0.2, -0.15) is 0 Å². The number of carboxylic acid groups (broad SMARTS) is 1. The van der Waals surface area contributed by atoms with Crippen molar-refractivity contribution in [2.24, 2.45) is 4.99 Å². The molecule has 1 N–H and O–H groups in total. The van der Waals surface area contributed by atoms with E-state index in [2.05, 4.69) is 4.99 Å². The third-order valence-electron chi connectivity index (χ3n) is 5.33. The largest absolute Gasteiger partial charge is 0.482 e. The van der Waals surface area contributed by atoms with E-state index in [1.54, 1.807) is 62.4 Å². The molecule has 0 amide bonds. The first-order valence-electron chi connectivity index (χ1n) is 10.8. The summed E-state index contributed by atoms with van der Waals surface area (Å²) in [7, 11) is 0. The van der Waals surface area contributed by atoms with E-state index in [4.69, 9.17) is 37.8 Å². The summed E-state index contributed by atoms with van der Waals surface area (Å²) in [6, 6.07) is 10.8. The molecule has 0 saturated heterocycles. The number of halogens is 2.